The molecular formula is AlLiO5PTi+3. The Kier molecular flexibility index (Phi) is 42.9. The number of hydrogen-bond donors (Lipinski definition) is 0. The van der Waals surface area contributed by atoms with Gasteiger partial charge in [-0.15, -0.1) is 0 Å². The predicted molar refractivity (Wildman–Crippen MR) is 14.0 cm³/mol. The molecule has 0 heterocycles. The molecule has 0 radical (unpaired) electrons. The van der Waals surface area contributed by atoms with Gasteiger partial charge in [-0.2, -0.15) is 7.82 Å². The van der Waals surface area contributed by atoms with Gasteiger partial charge in [0.15, 0.2) is 0 Å². The molecule has 0 N–H and O–H groups in total. The molecule has 0 atom stereocenters. The topological polar surface area (TPSA) is 115 Å². The molecule has 5 nitrogen and oxygen atoms in total. The van der Waals surface area contributed by atoms with E-state index in [0.717, 1.165) is 0 Å². The third-order valence-corrected chi connectivity index (χ3v) is 0. The molecule has 0 fully saturated rings. The number of rotatable bonds is 0. The molecule has 0 amide bonds. The summed E-state index contributed by atoms with van der Waals surface area (Å²) in [6.45, 7) is 0. The van der Waals surface area contributed by atoms with Crippen molar-refractivity contribution in [2.45, 2.75) is 0 Å². The molecule has 0 rings (SSSR count). The minimum Gasteiger partial charge on any atom is -2.00 e. The van der Waals surface area contributed by atoms with E-state index in [1.54, 1.807) is 0 Å². The van der Waals surface area contributed by atoms with E-state index >= 15 is 0 Å². The number of hydrogen-bond acceptors (Lipinski definition) is 4. The first-order valence-electron chi connectivity index (χ1n) is 0.730. The van der Waals surface area contributed by atoms with E-state index in [0.29, 0.717) is 0 Å². The van der Waals surface area contributed by atoms with Gasteiger partial charge in [0.05, 0.1) is 0 Å². The van der Waals surface area contributed by atoms with Crippen molar-refractivity contribution in [3.8, 4) is 0 Å². The van der Waals surface area contributed by atoms with Crippen molar-refractivity contribution in [1.82, 2.24) is 0 Å². The second-order valence-corrected chi connectivity index (χ2v) is 1.34. The van der Waals surface area contributed by atoms with Gasteiger partial charge in [0.1, 0.15) is 0 Å². The van der Waals surface area contributed by atoms with Gasteiger partial charge >= 0.3 is 57.9 Å². The standard InChI is InChI=1S/Al.Li.H3O4P.O.Ti/c;;1-5(2,3)4;;/h;;(H3,1,2,3,4);;/q+3;+1;;-2;+4/p-3. The second kappa shape index (κ2) is 12.6. The Balaban J connectivity index is -0.0000000133. The summed E-state index contributed by atoms with van der Waals surface area (Å²) in [6.07, 6.45) is 0. The van der Waals surface area contributed by atoms with Crippen LogP contribution >= 0.6 is 7.82 Å². The summed E-state index contributed by atoms with van der Waals surface area (Å²) in [7, 11) is -5.39. The first kappa shape index (κ1) is 30.7. The SMILES string of the molecule is O=P([O-])([O-])[O-].[Al+3].[Li+].[O-2].[Ti+4]. The van der Waals surface area contributed by atoms with Crippen LogP contribution in [-0.4, -0.2) is 17.4 Å². The maximum atomic E-state index is 8.55. The molecule has 0 aliphatic carbocycles. The predicted octanol–water partition coefficient (Wildman–Crippen LogP) is -6.32. The molecule has 0 saturated heterocycles. The molecule has 0 aromatic rings. The Hall–Kier alpha value is 1.91. The summed E-state index contributed by atoms with van der Waals surface area (Å²) in [4.78, 5) is 25.6. The van der Waals surface area contributed by atoms with E-state index in [-0.39, 0.29) is 63.4 Å². The van der Waals surface area contributed by atoms with Gasteiger partial charge in [-0.05, 0) is 0 Å². The van der Waals surface area contributed by atoms with Gasteiger partial charge in [0.25, 0.3) is 0 Å². The largest absolute Gasteiger partial charge is 4.00 e. The van der Waals surface area contributed by atoms with E-state index in [4.69, 9.17) is 19.2 Å². The zero-order chi connectivity index (χ0) is 4.50. The summed E-state index contributed by atoms with van der Waals surface area (Å²) in [5, 5.41) is 0. The van der Waals surface area contributed by atoms with Gasteiger partial charge < -0.3 is 24.7 Å². The Bertz CT molecular complexity index is 63.1. The fourth-order valence-electron chi connectivity index (χ4n) is 0. The second-order valence-electron chi connectivity index (χ2n) is 0.447. The molecule has 0 bridgehead atoms. The van der Waals surface area contributed by atoms with E-state index in [2.05, 4.69) is 0 Å². The van der Waals surface area contributed by atoms with Crippen LogP contribution in [0.3, 0.4) is 0 Å². The van der Waals surface area contributed by atoms with Crippen LogP contribution in [0.2, 0.25) is 0 Å². The quantitative estimate of drug-likeness (QED) is 0.281. The monoisotopic (exact) mass is 193 g/mol. The molecule has 0 aliphatic heterocycles. The Morgan fingerprint density at radius 3 is 1.11 bits per heavy atom. The van der Waals surface area contributed by atoms with Gasteiger partial charge in [-0.25, -0.2) is 0 Å². The molecule has 0 unspecified atom stereocenters. The average molecular weight is 193 g/mol. The van der Waals surface area contributed by atoms with Crippen molar-refractivity contribution in [2.24, 2.45) is 0 Å². The molecular weight excluding hydrogens is 193 g/mol. The van der Waals surface area contributed by atoms with Crippen molar-refractivity contribution in [1.29, 1.82) is 0 Å². The van der Waals surface area contributed by atoms with Gasteiger partial charge in [0, 0.05) is 0 Å². The van der Waals surface area contributed by atoms with Crippen LogP contribution in [0.25, 0.3) is 0 Å². The molecule has 0 saturated carbocycles. The first-order chi connectivity index (χ1) is 2.00. The Morgan fingerprint density at radius 1 is 1.11 bits per heavy atom. The molecule has 0 aliphatic rings. The molecule has 9 heavy (non-hydrogen) atoms. The van der Waals surface area contributed by atoms with Crippen molar-refractivity contribution in [2.75, 3.05) is 0 Å². The minimum atomic E-state index is -5.39. The minimum absolute atomic E-state index is 0. The van der Waals surface area contributed by atoms with E-state index in [1.165, 1.54) is 0 Å². The fourth-order valence-corrected chi connectivity index (χ4v) is 0. The van der Waals surface area contributed by atoms with Crippen LogP contribution in [0.5, 0.6) is 0 Å². The smallest absolute Gasteiger partial charge is 2.00 e. The van der Waals surface area contributed by atoms with Gasteiger partial charge in [-0.3, -0.25) is 0 Å². The molecule has 0 spiro atoms. The van der Waals surface area contributed by atoms with Crippen LogP contribution in [0.1, 0.15) is 0 Å². The Morgan fingerprint density at radius 2 is 1.11 bits per heavy atom. The van der Waals surface area contributed by atoms with E-state index in [9.17, 15) is 0 Å². The van der Waals surface area contributed by atoms with Gasteiger partial charge in [0.2, 0.25) is 0 Å². The van der Waals surface area contributed by atoms with Crippen LogP contribution in [0, 0.1) is 0 Å². The zero-order valence-electron chi connectivity index (χ0n) is 4.57. The van der Waals surface area contributed by atoms with E-state index < -0.39 is 7.82 Å². The zero-order valence-corrected chi connectivity index (χ0v) is 8.18. The summed E-state index contributed by atoms with van der Waals surface area (Å²) < 4.78 is 8.55. The first-order valence-corrected chi connectivity index (χ1v) is 2.19. The van der Waals surface area contributed by atoms with E-state index in [1.807, 2.05) is 0 Å². The van der Waals surface area contributed by atoms with Crippen LogP contribution in [-0.2, 0) is 31.8 Å². The summed E-state index contributed by atoms with van der Waals surface area (Å²) in [6, 6.07) is 0. The average Bonchev–Trinajstić information content (AvgIpc) is 0.722. The summed E-state index contributed by atoms with van der Waals surface area (Å²) in [5.74, 6) is 0. The molecule has 0 aromatic carbocycles. The van der Waals surface area contributed by atoms with Crippen LogP contribution in [0.15, 0.2) is 0 Å². The van der Waals surface area contributed by atoms with Crippen molar-refractivity contribution >= 4 is 25.2 Å². The van der Waals surface area contributed by atoms with Crippen LogP contribution < -0.4 is 33.5 Å². The third kappa shape index (κ3) is 169. The Labute approximate surface area is 90.0 Å². The molecule has 0 aromatic heterocycles. The summed E-state index contributed by atoms with van der Waals surface area (Å²) in [5.41, 5.74) is 0. The van der Waals surface area contributed by atoms with Crippen molar-refractivity contribution in [3.05, 3.63) is 0 Å². The van der Waals surface area contributed by atoms with Crippen molar-refractivity contribution < 1.29 is 65.3 Å². The third-order valence-electron chi connectivity index (χ3n) is 0. The fraction of sp³-hybridized carbons (Fsp3) is 0. The molecule has 9 heteroatoms. The van der Waals surface area contributed by atoms with Crippen molar-refractivity contribution in [3.63, 3.8) is 0 Å². The summed E-state index contributed by atoms with van der Waals surface area (Å²) >= 11 is 0. The maximum Gasteiger partial charge on any atom is 4.00 e. The van der Waals surface area contributed by atoms with Gasteiger partial charge in [-0.1, -0.05) is 0 Å². The molecule has 40 valence electrons. The normalized spacial score (nSPS) is 6.56. The maximum absolute atomic E-state index is 8.55. The number of phosphoric acid groups is 1. The van der Waals surface area contributed by atoms with Crippen LogP contribution in [0.4, 0.5) is 0 Å².